The Morgan fingerprint density at radius 2 is 1.89 bits per heavy atom. The van der Waals surface area contributed by atoms with E-state index in [9.17, 15) is 9.59 Å². The molecule has 104 valence electrons. The van der Waals surface area contributed by atoms with Gasteiger partial charge in [-0.1, -0.05) is 0 Å². The van der Waals surface area contributed by atoms with Gasteiger partial charge in [-0.05, 0) is 33.6 Å². The molecule has 1 saturated carbocycles. The summed E-state index contributed by atoms with van der Waals surface area (Å²) in [4.78, 5) is 21.8. The highest BCUT2D eigenvalue weighted by molar-refractivity contribution is 5.68. The van der Waals surface area contributed by atoms with E-state index in [1.807, 2.05) is 20.8 Å². The highest BCUT2D eigenvalue weighted by Crippen LogP contribution is 2.20. The highest BCUT2D eigenvalue weighted by Gasteiger charge is 2.31. The van der Waals surface area contributed by atoms with Crippen molar-refractivity contribution in [3.63, 3.8) is 0 Å². The summed E-state index contributed by atoms with van der Waals surface area (Å²) in [5.74, 6) is -0.801. The summed E-state index contributed by atoms with van der Waals surface area (Å²) in [5.41, 5.74) is -0.479. The van der Waals surface area contributed by atoms with Gasteiger partial charge in [-0.3, -0.25) is 4.79 Å². The monoisotopic (exact) mass is 258 g/mol. The van der Waals surface area contributed by atoms with E-state index < -0.39 is 17.7 Å². The number of carboxylic acids is 1. The molecule has 0 unspecified atom stereocenters. The van der Waals surface area contributed by atoms with E-state index in [1.165, 1.54) is 0 Å². The van der Waals surface area contributed by atoms with Crippen molar-refractivity contribution in [1.82, 2.24) is 10.6 Å². The van der Waals surface area contributed by atoms with Gasteiger partial charge in [-0.15, -0.1) is 0 Å². The lowest BCUT2D eigenvalue weighted by atomic mass is 9.87. The number of nitrogens with one attached hydrogen (secondary N) is 2. The zero-order valence-corrected chi connectivity index (χ0v) is 11.2. The van der Waals surface area contributed by atoms with Crippen LogP contribution in [-0.2, 0) is 9.53 Å². The summed E-state index contributed by atoms with van der Waals surface area (Å²) in [6, 6.07) is 0.423. The van der Waals surface area contributed by atoms with Crippen molar-refractivity contribution in [1.29, 1.82) is 0 Å². The molecule has 0 spiro atoms. The van der Waals surface area contributed by atoms with Crippen LogP contribution in [0.25, 0.3) is 0 Å². The van der Waals surface area contributed by atoms with Crippen LogP contribution in [0.1, 0.15) is 40.0 Å². The number of amides is 1. The second-order valence-corrected chi connectivity index (χ2v) is 5.61. The molecule has 0 bridgehead atoms. The first-order valence-corrected chi connectivity index (χ1v) is 6.21. The molecule has 0 saturated heterocycles. The molecule has 0 heterocycles. The number of aliphatic carboxylic acids is 1. The van der Waals surface area contributed by atoms with Gasteiger partial charge < -0.3 is 20.5 Å². The topological polar surface area (TPSA) is 87.7 Å². The number of alkyl carbamates (subject to hydrolysis) is 1. The molecule has 0 aliphatic heterocycles. The summed E-state index contributed by atoms with van der Waals surface area (Å²) >= 11 is 0. The molecule has 3 N–H and O–H groups in total. The van der Waals surface area contributed by atoms with E-state index in [0.717, 1.165) is 12.8 Å². The lowest BCUT2D eigenvalue weighted by Gasteiger charge is -2.36. The van der Waals surface area contributed by atoms with Crippen LogP contribution < -0.4 is 10.6 Å². The molecular weight excluding hydrogens is 236 g/mol. The van der Waals surface area contributed by atoms with E-state index >= 15 is 0 Å². The molecule has 6 nitrogen and oxygen atoms in total. The molecule has 0 aromatic heterocycles. The van der Waals surface area contributed by atoms with Crippen LogP contribution in [0.2, 0.25) is 0 Å². The summed E-state index contributed by atoms with van der Waals surface area (Å²) in [6.45, 7) is 5.94. The van der Waals surface area contributed by atoms with E-state index in [4.69, 9.17) is 9.84 Å². The van der Waals surface area contributed by atoms with Crippen LogP contribution in [0.3, 0.4) is 0 Å². The van der Waals surface area contributed by atoms with Gasteiger partial charge in [0.05, 0.1) is 6.42 Å². The van der Waals surface area contributed by atoms with Crippen molar-refractivity contribution in [2.24, 2.45) is 0 Å². The SMILES string of the molecule is CC(C)(C)OC(=O)NC1CC(NCCC(=O)O)C1. The van der Waals surface area contributed by atoms with Gasteiger partial charge in [0.15, 0.2) is 0 Å². The number of carbonyl (C=O) groups is 2. The van der Waals surface area contributed by atoms with E-state index in [2.05, 4.69) is 10.6 Å². The lowest BCUT2D eigenvalue weighted by Crippen LogP contribution is -2.53. The quantitative estimate of drug-likeness (QED) is 0.687. The summed E-state index contributed by atoms with van der Waals surface area (Å²) < 4.78 is 5.14. The first kappa shape index (κ1) is 14.8. The van der Waals surface area contributed by atoms with Crippen LogP contribution in [-0.4, -0.2) is 41.4 Å². The predicted molar refractivity (Wildman–Crippen MR) is 66.4 cm³/mol. The molecule has 18 heavy (non-hydrogen) atoms. The van der Waals surface area contributed by atoms with Crippen LogP contribution in [0.15, 0.2) is 0 Å². The number of carbonyl (C=O) groups excluding carboxylic acids is 1. The highest BCUT2D eigenvalue weighted by atomic mass is 16.6. The average molecular weight is 258 g/mol. The molecule has 1 rings (SSSR count). The molecule has 1 aliphatic carbocycles. The Hall–Kier alpha value is -1.30. The number of hydrogen-bond acceptors (Lipinski definition) is 4. The molecule has 0 aromatic carbocycles. The fourth-order valence-corrected chi connectivity index (χ4v) is 1.76. The fraction of sp³-hybridized carbons (Fsp3) is 0.833. The van der Waals surface area contributed by atoms with Gasteiger partial charge in [0.2, 0.25) is 0 Å². The zero-order valence-electron chi connectivity index (χ0n) is 11.2. The largest absolute Gasteiger partial charge is 0.481 e. The average Bonchev–Trinajstić information content (AvgIpc) is 2.09. The number of hydrogen-bond donors (Lipinski definition) is 3. The number of carboxylic acid groups (broad SMARTS) is 1. The molecule has 0 radical (unpaired) electrons. The smallest absolute Gasteiger partial charge is 0.407 e. The maximum Gasteiger partial charge on any atom is 0.407 e. The fourth-order valence-electron chi connectivity index (χ4n) is 1.76. The first-order chi connectivity index (χ1) is 8.26. The Balaban J connectivity index is 2.08. The van der Waals surface area contributed by atoms with Crippen molar-refractivity contribution in [3.8, 4) is 0 Å². The predicted octanol–water partition coefficient (Wildman–Crippen LogP) is 1.11. The standard InChI is InChI=1S/C12H22N2O4/c1-12(2,3)18-11(17)14-9-6-8(7-9)13-5-4-10(15)16/h8-9,13H,4-7H2,1-3H3,(H,14,17)(H,15,16). The third-order valence-electron chi connectivity index (χ3n) is 2.63. The van der Waals surface area contributed by atoms with E-state index in [0.29, 0.717) is 12.6 Å². The van der Waals surface area contributed by atoms with Crippen molar-refractivity contribution in [2.45, 2.75) is 57.7 Å². The molecular formula is C12H22N2O4. The minimum absolute atomic E-state index is 0.126. The Morgan fingerprint density at radius 1 is 1.28 bits per heavy atom. The minimum atomic E-state index is -0.801. The summed E-state index contributed by atoms with van der Waals surface area (Å²) in [6.07, 6.45) is 1.37. The normalized spacial score (nSPS) is 23.1. The van der Waals surface area contributed by atoms with Crippen molar-refractivity contribution >= 4 is 12.1 Å². The molecule has 6 heteroatoms. The van der Waals surface area contributed by atoms with Crippen LogP contribution in [0, 0.1) is 0 Å². The van der Waals surface area contributed by atoms with E-state index in [1.54, 1.807) is 0 Å². The Kier molecular flexibility index (Phi) is 4.95. The van der Waals surface area contributed by atoms with E-state index in [-0.39, 0.29) is 12.5 Å². The van der Waals surface area contributed by atoms with Gasteiger partial charge in [-0.2, -0.15) is 0 Å². The van der Waals surface area contributed by atoms with Crippen molar-refractivity contribution in [3.05, 3.63) is 0 Å². The summed E-state index contributed by atoms with van der Waals surface area (Å²) in [7, 11) is 0. The zero-order chi connectivity index (χ0) is 13.8. The van der Waals surface area contributed by atoms with Crippen LogP contribution in [0.4, 0.5) is 4.79 Å². The third kappa shape index (κ3) is 5.86. The molecule has 1 aliphatic rings. The van der Waals surface area contributed by atoms with Gasteiger partial charge in [0.1, 0.15) is 5.60 Å². The van der Waals surface area contributed by atoms with Gasteiger partial charge in [0.25, 0.3) is 0 Å². The minimum Gasteiger partial charge on any atom is -0.481 e. The maximum absolute atomic E-state index is 11.4. The third-order valence-corrected chi connectivity index (χ3v) is 2.63. The van der Waals surface area contributed by atoms with Crippen LogP contribution in [0.5, 0.6) is 0 Å². The molecule has 0 aromatic rings. The maximum atomic E-state index is 11.4. The first-order valence-electron chi connectivity index (χ1n) is 6.21. The molecule has 1 fully saturated rings. The van der Waals surface area contributed by atoms with Gasteiger partial charge in [0, 0.05) is 18.6 Å². The Morgan fingerprint density at radius 3 is 2.39 bits per heavy atom. The van der Waals surface area contributed by atoms with Gasteiger partial charge >= 0.3 is 12.1 Å². The Bertz CT molecular complexity index is 306. The second-order valence-electron chi connectivity index (χ2n) is 5.61. The van der Waals surface area contributed by atoms with Gasteiger partial charge in [-0.25, -0.2) is 4.79 Å². The van der Waals surface area contributed by atoms with Crippen molar-refractivity contribution < 1.29 is 19.4 Å². The number of rotatable bonds is 5. The molecule has 0 atom stereocenters. The second kappa shape index (κ2) is 6.04. The van der Waals surface area contributed by atoms with Crippen molar-refractivity contribution in [2.75, 3.05) is 6.54 Å². The Labute approximate surface area is 107 Å². The number of ether oxygens (including phenoxy) is 1. The lowest BCUT2D eigenvalue weighted by molar-refractivity contribution is -0.136. The summed E-state index contributed by atoms with van der Waals surface area (Å²) in [5, 5.41) is 14.4. The van der Waals surface area contributed by atoms with Crippen LogP contribution >= 0.6 is 0 Å². The molecule has 1 amide bonds.